The molecular formula is C23H20ClFN4O2. The highest BCUT2D eigenvalue weighted by Gasteiger charge is 2.24. The molecule has 1 amide bonds. The van der Waals surface area contributed by atoms with Crippen LogP contribution in [0.1, 0.15) is 27.8 Å². The fourth-order valence-corrected chi connectivity index (χ4v) is 3.69. The summed E-state index contributed by atoms with van der Waals surface area (Å²) in [5.74, 6) is 0.106. The number of amides is 1. The van der Waals surface area contributed by atoms with E-state index in [1.807, 2.05) is 36.1 Å². The van der Waals surface area contributed by atoms with Crippen LogP contribution in [-0.4, -0.2) is 27.1 Å². The zero-order chi connectivity index (χ0) is 22.0. The van der Waals surface area contributed by atoms with Crippen LogP contribution in [0.5, 0.6) is 5.75 Å². The van der Waals surface area contributed by atoms with E-state index in [0.717, 1.165) is 0 Å². The van der Waals surface area contributed by atoms with Crippen molar-refractivity contribution in [2.75, 3.05) is 7.11 Å². The van der Waals surface area contributed by atoms with E-state index in [0.29, 0.717) is 27.8 Å². The third-order valence-corrected chi connectivity index (χ3v) is 5.27. The van der Waals surface area contributed by atoms with Crippen molar-refractivity contribution in [1.82, 2.24) is 19.4 Å². The number of aryl methyl sites for hydroxylation is 1. The molecule has 2 aromatic carbocycles. The Morgan fingerprint density at radius 3 is 2.58 bits per heavy atom. The number of carbonyl (C=O) groups excluding carboxylic acids is 1. The Kier molecular flexibility index (Phi) is 5.77. The minimum absolute atomic E-state index is 0.263. The number of hydrogen-bond donors (Lipinski definition) is 1. The van der Waals surface area contributed by atoms with Crippen LogP contribution < -0.4 is 10.1 Å². The molecule has 8 heteroatoms. The lowest BCUT2D eigenvalue weighted by Gasteiger charge is -2.20. The lowest BCUT2D eigenvalue weighted by Crippen LogP contribution is -2.31. The summed E-state index contributed by atoms with van der Waals surface area (Å²) < 4.78 is 23.0. The van der Waals surface area contributed by atoms with Crippen LogP contribution in [0.15, 0.2) is 73.3 Å². The van der Waals surface area contributed by atoms with E-state index >= 15 is 0 Å². The van der Waals surface area contributed by atoms with Crippen LogP contribution in [-0.2, 0) is 7.05 Å². The molecular weight excluding hydrogens is 419 g/mol. The molecule has 0 radical (unpaired) electrons. The van der Waals surface area contributed by atoms with Crippen molar-refractivity contribution >= 4 is 17.5 Å². The molecule has 2 heterocycles. The number of halogens is 2. The van der Waals surface area contributed by atoms with Crippen molar-refractivity contribution in [3.63, 3.8) is 0 Å². The Labute approximate surface area is 183 Å². The molecule has 4 rings (SSSR count). The highest BCUT2D eigenvalue weighted by molar-refractivity contribution is 6.33. The van der Waals surface area contributed by atoms with Crippen LogP contribution >= 0.6 is 11.6 Å². The summed E-state index contributed by atoms with van der Waals surface area (Å²) in [4.78, 5) is 17.6. The summed E-state index contributed by atoms with van der Waals surface area (Å²) in [7, 11) is 3.30. The Bertz CT molecular complexity index is 1220. The minimum Gasteiger partial charge on any atom is -0.496 e. The summed E-state index contributed by atoms with van der Waals surface area (Å²) in [5, 5.41) is 3.33. The summed E-state index contributed by atoms with van der Waals surface area (Å²) in [6.45, 7) is 0. The SMILES string of the molecule is COc1cc(-n2cccc2)c(Cl)cc1C(=O)NC(c1cccc(F)c1)c1nccn1C. The first-order chi connectivity index (χ1) is 15.0. The monoisotopic (exact) mass is 438 g/mol. The molecule has 0 aliphatic carbocycles. The van der Waals surface area contributed by atoms with Gasteiger partial charge in [-0.15, -0.1) is 0 Å². The van der Waals surface area contributed by atoms with Gasteiger partial charge in [-0.2, -0.15) is 0 Å². The van der Waals surface area contributed by atoms with Gasteiger partial charge < -0.3 is 19.2 Å². The van der Waals surface area contributed by atoms with Gasteiger partial charge >= 0.3 is 0 Å². The third-order valence-electron chi connectivity index (χ3n) is 4.97. The second kappa shape index (κ2) is 8.65. The highest BCUT2D eigenvalue weighted by Crippen LogP contribution is 2.31. The van der Waals surface area contributed by atoms with Crippen LogP contribution in [0.3, 0.4) is 0 Å². The van der Waals surface area contributed by atoms with E-state index in [4.69, 9.17) is 16.3 Å². The molecule has 0 aliphatic heterocycles. The third kappa shape index (κ3) is 4.18. The second-order valence-corrected chi connectivity index (χ2v) is 7.36. The molecule has 31 heavy (non-hydrogen) atoms. The maximum atomic E-state index is 13.9. The Hall–Kier alpha value is -3.58. The van der Waals surface area contributed by atoms with Crippen LogP contribution in [0.2, 0.25) is 5.02 Å². The van der Waals surface area contributed by atoms with E-state index in [-0.39, 0.29) is 5.56 Å². The van der Waals surface area contributed by atoms with E-state index < -0.39 is 17.8 Å². The number of imidazole rings is 1. The van der Waals surface area contributed by atoms with Gasteiger partial charge in [0, 0.05) is 37.9 Å². The van der Waals surface area contributed by atoms with Crippen LogP contribution in [0, 0.1) is 5.82 Å². The minimum atomic E-state index is -0.671. The number of benzene rings is 2. The molecule has 0 aliphatic rings. The molecule has 1 atom stereocenters. The van der Waals surface area contributed by atoms with Crippen molar-refractivity contribution in [3.8, 4) is 11.4 Å². The summed E-state index contributed by atoms with van der Waals surface area (Å²) in [6, 6.07) is 12.4. The van der Waals surface area contributed by atoms with E-state index in [1.54, 1.807) is 41.2 Å². The lowest BCUT2D eigenvalue weighted by atomic mass is 10.0. The molecule has 4 aromatic rings. The van der Waals surface area contributed by atoms with E-state index in [9.17, 15) is 9.18 Å². The van der Waals surface area contributed by atoms with Crippen molar-refractivity contribution < 1.29 is 13.9 Å². The first kappa shape index (κ1) is 20.7. The van der Waals surface area contributed by atoms with Crippen molar-refractivity contribution in [2.24, 2.45) is 7.05 Å². The maximum absolute atomic E-state index is 13.9. The molecule has 1 N–H and O–H groups in total. The number of aromatic nitrogens is 3. The number of ether oxygens (including phenoxy) is 1. The standard InChI is InChI=1S/C23H20ClFN4O2/c1-28-11-8-26-22(28)21(15-6-5-7-16(25)12-15)27-23(30)17-13-18(24)19(14-20(17)31-2)29-9-3-4-10-29/h3-14,21H,1-2H3,(H,27,30). The average Bonchev–Trinajstić information content (AvgIpc) is 3.43. The van der Waals surface area contributed by atoms with E-state index in [2.05, 4.69) is 10.3 Å². The highest BCUT2D eigenvalue weighted by atomic mass is 35.5. The molecule has 2 aromatic heterocycles. The first-order valence-electron chi connectivity index (χ1n) is 9.52. The predicted molar refractivity (Wildman–Crippen MR) is 116 cm³/mol. The zero-order valence-electron chi connectivity index (χ0n) is 16.9. The average molecular weight is 439 g/mol. The number of rotatable bonds is 6. The van der Waals surface area contributed by atoms with Gasteiger partial charge in [-0.3, -0.25) is 4.79 Å². The number of nitrogens with zero attached hydrogens (tertiary/aromatic N) is 3. The normalized spacial score (nSPS) is 11.9. The predicted octanol–water partition coefficient (Wildman–Crippen LogP) is 4.53. The maximum Gasteiger partial charge on any atom is 0.255 e. The molecule has 6 nitrogen and oxygen atoms in total. The zero-order valence-corrected chi connectivity index (χ0v) is 17.7. The van der Waals surface area contributed by atoms with Gasteiger partial charge in [0.05, 0.1) is 23.4 Å². The number of nitrogens with one attached hydrogen (secondary N) is 1. The fourth-order valence-electron chi connectivity index (χ4n) is 3.43. The number of hydrogen-bond acceptors (Lipinski definition) is 3. The Morgan fingerprint density at radius 1 is 1.16 bits per heavy atom. The smallest absolute Gasteiger partial charge is 0.255 e. The van der Waals surface area contributed by atoms with Gasteiger partial charge in [0.25, 0.3) is 5.91 Å². The molecule has 0 bridgehead atoms. The van der Waals surface area contributed by atoms with E-state index in [1.165, 1.54) is 19.2 Å². The first-order valence-corrected chi connectivity index (χ1v) is 9.90. The van der Waals surface area contributed by atoms with Crippen molar-refractivity contribution in [3.05, 3.63) is 101 Å². The van der Waals surface area contributed by atoms with Gasteiger partial charge in [0.1, 0.15) is 23.4 Å². The summed E-state index contributed by atoms with van der Waals surface area (Å²) >= 11 is 6.47. The van der Waals surface area contributed by atoms with Crippen LogP contribution in [0.4, 0.5) is 4.39 Å². The largest absolute Gasteiger partial charge is 0.496 e. The molecule has 0 saturated carbocycles. The van der Waals surface area contributed by atoms with Crippen molar-refractivity contribution in [2.45, 2.75) is 6.04 Å². The molecule has 158 valence electrons. The Morgan fingerprint density at radius 2 is 1.94 bits per heavy atom. The van der Waals surface area contributed by atoms with Crippen LogP contribution in [0.25, 0.3) is 5.69 Å². The number of methoxy groups -OCH3 is 1. The summed E-state index contributed by atoms with van der Waals surface area (Å²) in [6.07, 6.45) is 7.08. The topological polar surface area (TPSA) is 61.1 Å². The van der Waals surface area contributed by atoms with Gasteiger partial charge in [-0.1, -0.05) is 23.7 Å². The quantitative estimate of drug-likeness (QED) is 0.481. The second-order valence-electron chi connectivity index (χ2n) is 6.95. The molecule has 0 fully saturated rings. The number of carbonyl (C=O) groups is 1. The molecule has 0 spiro atoms. The fraction of sp³-hybridized carbons (Fsp3) is 0.130. The van der Waals surface area contributed by atoms with Gasteiger partial charge in [-0.05, 0) is 35.9 Å². The summed E-state index contributed by atoms with van der Waals surface area (Å²) in [5.41, 5.74) is 1.52. The molecule has 1 unspecified atom stereocenters. The van der Waals surface area contributed by atoms with Gasteiger partial charge in [-0.25, -0.2) is 9.37 Å². The lowest BCUT2D eigenvalue weighted by molar-refractivity contribution is 0.0938. The Balaban J connectivity index is 1.72. The van der Waals surface area contributed by atoms with Gasteiger partial charge in [0.15, 0.2) is 0 Å². The molecule has 0 saturated heterocycles. The van der Waals surface area contributed by atoms with Gasteiger partial charge in [0.2, 0.25) is 0 Å². The van der Waals surface area contributed by atoms with Crippen molar-refractivity contribution in [1.29, 1.82) is 0 Å².